The highest BCUT2D eigenvalue weighted by Crippen LogP contribution is 2.11. The number of nitrogens with one attached hydrogen (secondary N) is 2. The van der Waals surface area contributed by atoms with Crippen molar-refractivity contribution in [1.29, 1.82) is 5.41 Å². The van der Waals surface area contributed by atoms with Crippen molar-refractivity contribution >= 4 is 22.6 Å². The Kier molecular flexibility index (Phi) is 5.16. The minimum Gasteiger partial charge on any atom is -0.379 e. The summed E-state index contributed by atoms with van der Waals surface area (Å²) in [4.78, 5) is 32.4. The van der Waals surface area contributed by atoms with Crippen molar-refractivity contribution in [1.82, 2.24) is 24.2 Å². The van der Waals surface area contributed by atoms with Gasteiger partial charge in [0.15, 0.2) is 0 Å². The lowest BCUT2D eigenvalue weighted by Crippen LogP contribution is -2.40. The molecule has 29 heavy (non-hydrogen) atoms. The minimum absolute atomic E-state index is 0.0495. The van der Waals surface area contributed by atoms with Crippen LogP contribution in [-0.4, -0.2) is 64.7 Å². The average Bonchev–Trinajstić information content (AvgIpc) is 2.74. The van der Waals surface area contributed by atoms with E-state index in [9.17, 15) is 9.59 Å². The molecule has 1 aliphatic heterocycles. The third-order valence-corrected chi connectivity index (χ3v) is 5.27. The number of morpholine rings is 1. The van der Waals surface area contributed by atoms with Gasteiger partial charge in [0.2, 0.25) is 0 Å². The summed E-state index contributed by atoms with van der Waals surface area (Å²) in [6, 6.07) is 5.16. The van der Waals surface area contributed by atoms with Gasteiger partial charge < -0.3 is 14.6 Å². The van der Waals surface area contributed by atoms with Crippen LogP contribution in [0.25, 0.3) is 16.7 Å². The molecule has 1 aliphatic rings. The number of pyridine rings is 2. The molecule has 0 bridgehead atoms. The number of aromatic nitrogens is 3. The Morgan fingerprint density at radius 2 is 2.03 bits per heavy atom. The van der Waals surface area contributed by atoms with Gasteiger partial charge in [0.25, 0.3) is 11.5 Å². The van der Waals surface area contributed by atoms with Crippen LogP contribution in [0.5, 0.6) is 0 Å². The van der Waals surface area contributed by atoms with E-state index in [1.165, 1.54) is 17.5 Å². The summed E-state index contributed by atoms with van der Waals surface area (Å²) < 4.78 is 8.54. The Morgan fingerprint density at radius 3 is 2.76 bits per heavy atom. The van der Waals surface area contributed by atoms with E-state index in [4.69, 9.17) is 10.1 Å². The Bertz CT molecular complexity index is 1210. The van der Waals surface area contributed by atoms with Gasteiger partial charge in [-0.3, -0.25) is 24.3 Å². The number of hydrogen-bond donors (Lipinski definition) is 2. The fourth-order valence-corrected chi connectivity index (χ4v) is 3.63. The van der Waals surface area contributed by atoms with Gasteiger partial charge in [0.05, 0.1) is 24.2 Å². The summed E-state index contributed by atoms with van der Waals surface area (Å²) in [5, 5.41) is 11.5. The molecule has 0 aromatic carbocycles. The first-order valence-corrected chi connectivity index (χ1v) is 9.63. The molecule has 1 amide bonds. The SMILES string of the molecule is CNC(=O)c1cc2c(=O)n3cc(C)ccc3nc2n(CCN2CCOCC2)c1=N. The number of rotatable bonds is 4. The number of aryl methyl sites for hydroxylation is 1. The molecule has 4 rings (SSSR count). The highest BCUT2D eigenvalue weighted by molar-refractivity contribution is 5.96. The van der Waals surface area contributed by atoms with Gasteiger partial charge in [-0.2, -0.15) is 0 Å². The third kappa shape index (κ3) is 3.54. The highest BCUT2D eigenvalue weighted by atomic mass is 16.5. The van der Waals surface area contributed by atoms with Crippen LogP contribution in [0.15, 0.2) is 29.2 Å². The largest absolute Gasteiger partial charge is 0.379 e. The fraction of sp³-hybridized carbons (Fsp3) is 0.400. The molecule has 9 nitrogen and oxygen atoms in total. The number of ether oxygens (including phenoxy) is 1. The van der Waals surface area contributed by atoms with Crippen molar-refractivity contribution in [3.8, 4) is 0 Å². The molecule has 3 aromatic rings. The topological polar surface area (TPSA) is 105 Å². The monoisotopic (exact) mass is 396 g/mol. The van der Waals surface area contributed by atoms with Gasteiger partial charge in [-0.25, -0.2) is 4.98 Å². The van der Waals surface area contributed by atoms with Crippen molar-refractivity contribution in [3.63, 3.8) is 0 Å². The van der Waals surface area contributed by atoms with Crippen LogP contribution in [0.4, 0.5) is 0 Å². The third-order valence-electron chi connectivity index (χ3n) is 5.27. The summed E-state index contributed by atoms with van der Waals surface area (Å²) >= 11 is 0. The van der Waals surface area contributed by atoms with E-state index in [0.29, 0.717) is 43.0 Å². The zero-order chi connectivity index (χ0) is 20.5. The van der Waals surface area contributed by atoms with Gasteiger partial charge in [-0.15, -0.1) is 0 Å². The second-order valence-corrected chi connectivity index (χ2v) is 7.18. The van der Waals surface area contributed by atoms with E-state index in [1.807, 2.05) is 13.0 Å². The van der Waals surface area contributed by atoms with Crippen molar-refractivity contribution in [2.45, 2.75) is 13.5 Å². The van der Waals surface area contributed by atoms with Crippen molar-refractivity contribution in [3.05, 3.63) is 51.4 Å². The van der Waals surface area contributed by atoms with Gasteiger partial charge >= 0.3 is 0 Å². The first-order valence-electron chi connectivity index (χ1n) is 9.63. The van der Waals surface area contributed by atoms with Crippen LogP contribution in [-0.2, 0) is 11.3 Å². The first-order chi connectivity index (χ1) is 14.0. The van der Waals surface area contributed by atoms with Crippen molar-refractivity contribution in [2.24, 2.45) is 0 Å². The molecular formula is C20H24N6O3. The van der Waals surface area contributed by atoms with E-state index in [1.54, 1.807) is 16.8 Å². The lowest BCUT2D eigenvalue weighted by atomic mass is 10.2. The normalized spacial score (nSPS) is 15.1. The molecule has 0 saturated carbocycles. The Labute approximate surface area is 167 Å². The molecule has 0 atom stereocenters. The molecule has 0 radical (unpaired) electrons. The zero-order valence-electron chi connectivity index (χ0n) is 16.6. The molecule has 4 heterocycles. The Hall–Kier alpha value is -3.04. The molecule has 0 spiro atoms. The second kappa shape index (κ2) is 7.76. The van der Waals surface area contributed by atoms with Crippen LogP contribution in [0, 0.1) is 12.3 Å². The maximum atomic E-state index is 13.2. The summed E-state index contributed by atoms with van der Waals surface area (Å²) in [6.07, 6.45) is 1.73. The van der Waals surface area contributed by atoms with Crippen LogP contribution >= 0.6 is 0 Å². The van der Waals surface area contributed by atoms with Gasteiger partial charge in [0.1, 0.15) is 16.8 Å². The van der Waals surface area contributed by atoms with E-state index in [-0.39, 0.29) is 16.6 Å². The van der Waals surface area contributed by atoms with Gasteiger partial charge in [0, 0.05) is 39.4 Å². The molecular weight excluding hydrogens is 372 g/mol. The van der Waals surface area contributed by atoms with E-state index in [0.717, 1.165) is 18.7 Å². The van der Waals surface area contributed by atoms with Gasteiger partial charge in [-0.05, 0) is 24.6 Å². The number of carbonyl (C=O) groups excluding carboxylic acids is 1. The van der Waals surface area contributed by atoms with Crippen molar-refractivity contribution in [2.75, 3.05) is 39.9 Å². The van der Waals surface area contributed by atoms with Crippen LogP contribution < -0.4 is 16.4 Å². The molecule has 152 valence electrons. The maximum Gasteiger partial charge on any atom is 0.267 e. The summed E-state index contributed by atoms with van der Waals surface area (Å²) in [5.41, 5.74) is 1.83. The average molecular weight is 396 g/mol. The van der Waals surface area contributed by atoms with E-state index in [2.05, 4.69) is 15.2 Å². The number of nitrogens with zero attached hydrogens (tertiary/aromatic N) is 4. The number of hydrogen-bond acceptors (Lipinski definition) is 6. The quantitative estimate of drug-likeness (QED) is 0.610. The second-order valence-electron chi connectivity index (χ2n) is 7.18. The van der Waals surface area contributed by atoms with Gasteiger partial charge in [-0.1, -0.05) is 6.07 Å². The maximum absolute atomic E-state index is 13.2. The summed E-state index contributed by atoms with van der Waals surface area (Å²) in [6.45, 7) is 6.04. The fourth-order valence-electron chi connectivity index (χ4n) is 3.63. The minimum atomic E-state index is -0.397. The Morgan fingerprint density at radius 1 is 1.28 bits per heavy atom. The lowest BCUT2D eigenvalue weighted by molar-refractivity contribution is 0.0363. The highest BCUT2D eigenvalue weighted by Gasteiger charge is 2.18. The molecule has 3 aromatic heterocycles. The smallest absolute Gasteiger partial charge is 0.267 e. The molecule has 1 fully saturated rings. The summed E-state index contributed by atoms with van der Waals surface area (Å²) in [5.74, 6) is -0.397. The summed E-state index contributed by atoms with van der Waals surface area (Å²) in [7, 11) is 1.51. The molecule has 0 aliphatic carbocycles. The van der Waals surface area contributed by atoms with Crippen LogP contribution in [0.2, 0.25) is 0 Å². The van der Waals surface area contributed by atoms with Crippen LogP contribution in [0.3, 0.4) is 0 Å². The number of fused-ring (bicyclic) bond motifs is 2. The van der Waals surface area contributed by atoms with Crippen LogP contribution in [0.1, 0.15) is 15.9 Å². The number of amides is 1. The van der Waals surface area contributed by atoms with E-state index < -0.39 is 5.91 Å². The molecule has 2 N–H and O–H groups in total. The van der Waals surface area contributed by atoms with E-state index >= 15 is 0 Å². The standard InChI is InChI=1S/C20H24N6O3/c1-13-3-4-16-23-18-15(20(28)26(16)12-13)11-14(19(27)22-2)17(21)25(18)6-5-24-7-9-29-10-8-24/h3-4,11-12,21H,5-10H2,1-2H3,(H,22,27). The number of carbonyl (C=O) groups is 1. The molecule has 9 heteroatoms. The predicted octanol–water partition coefficient (Wildman–Crippen LogP) is 0.129. The molecule has 0 unspecified atom stereocenters. The Balaban J connectivity index is 1.92. The van der Waals surface area contributed by atoms with Crippen molar-refractivity contribution < 1.29 is 9.53 Å². The predicted molar refractivity (Wildman–Crippen MR) is 108 cm³/mol. The first kappa shape index (κ1) is 19.3. The lowest BCUT2D eigenvalue weighted by Gasteiger charge is -2.27. The zero-order valence-corrected chi connectivity index (χ0v) is 16.6. The molecule has 1 saturated heterocycles.